The van der Waals surface area contributed by atoms with Crippen LogP contribution in [-0.4, -0.2) is 35.9 Å². The highest BCUT2D eigenvalue weighted by Crippen LogP contribution is 2.30. The topological polar surface area (TPSA) is 49.1 Å². The lowest BCUT2D eigenvalue weighted by atomic mass is 10.0. The summed E-state index contributed by atoms with van der Waals surface area (Å²) in [4.78, 5) is 21.0. The van der Waals surface area contributed by atoms with Crippen molar-refractivity contribution in [3.63, 3.8) is 0 Å². The summed E-state index contributed by atoms with van der Waals surface area (Å²) in [7, 11) is 0. The van der Waals surface area contributed by atoms with Crippen LogP contribution in [-0.2, 0) is 4.79 Å². The first-order valence-electron chi connectivity index (χ1n) is 8.79. The van der Waals surface area contributed by atoms with Crippen LogP contribution >= 0.6 is 23.2 Å². The number of fused-ring (bicyclic) bond motifs is 1. The Bertz CT molecular complexity index is 960. The molecule has 1 amide bonds. The van der Waals surface area contributed by atoms with Crippen LogP contribution < -0.4 is 22.6 Å². The fourth-order valence-electron chi connectivity index (χ4n) is 3.30. The van der Waals surface area contributed by atoms with Gasteiger partial charge in [0.1, 0.15) is 6.20 Å². The molecule has 2 heterocycles. The highest BCUT2D eigenvalue weighted by molar-refractivity contribution is 6.37. The van der Waals surface area contributed by atoms with Gasteiger partial charge in [0.05, 0.1) is 24.1 Å². The lowest BCUT2D eigenvalue weighted by Crippen LogP contribution is -3.07. The van der Waals surface area contributed by atoms with Gasteiger partial charge in [-0.3, -0.25) is 14.6 Å². The molecule has 0 fully saturated rings. The van der Waals surface area contributed by atoms with Gasteiger partial charge in [-0.05, 0) is 31.2 Å². The van der Waals surface area contributed by atoms with Gasteiger partial charge >= 0.3 is 0 Å². The predicted molar refractivity (Wildman–Crippen MR) is 108 cm³/mol. The largest absolute Gasteiger partial charge is 1.00 e. The average Bonchev–Trinajstić information content (AvgIpc) is 3.08. The monoisotopic (exact) mass is 436 g/mol. The Morgan fingerprint density at radius 3 is 2.71 bits per heavy atom. The van der Waals surface area contributed by atoms with E-state index in [-0.39, 0.29) is 18.3 Å². The van der Waals surface area contributed by atoms with Crippen LogP contribution in [0.25, 0.3) is 0 Å². The smallest absolute Gasteiger partial charge is 0.269 e. The van der Waals surface area contributed by atoms with Crippen molar-refractivity contribution in [2.24, 2.45) is 4.99 Å². The van der Waals surface area contributed by atoms with E-state index in [4.69, 9.17) is 28.2 Å². The number of hydrogen-bond acceptors (Lipinski definition) is 3. The normalized spacial score (nSPS) is 20.8. The van der Waals surface area contributed by atoms with Gasteiger partial charge in [0.25, 0.3) is 5.91 Å². The third-order valence-corrected chi connectivity index (χ3v) is 5.33. The molecule has 4 rings (SSSR count). The Hall–Kier alpha value is -2.05. The number of carbonyl (C=O) groups is 1. The number of anilines is 1. The molecule has 2 aliphatic heterocycles. The molecule has 2 aromatic rings. The summed E-state index contributed by atoms with van der Waals surface area (Å²) in [6.45, 7) is 3.73. The van der Waals surface area contributed by atoms with Crippen LogP contribution in [0.3, 0.4) is 0 Å². The Morgan fingerprint density at radius 1 is 1.21 bits per heavy atom. The second-order valence-corrected chi connectivity index (χ2v) is 7.35. The molecule has 2 atom stereocenters. The number of nitrogens with one attached hydrogen (secondary N) is 2. The first-order valence-corrected chi connectivity index (χ1v) is 9.54. The third-order valence-electron chi connectivity index (χ3n) is 4.77. The van der Waals surface area contributed by atoms with Crippen molar-refractivity contribution in [1.82, 2.24) is 4.90 Å². The second kappa shape index (κ2) is 8.53. The average molecular weight is 438 g/mol. The number of halogens is 3. The summed E-state index contributed by atoms with van der Waals surface area (Å²) >= 11 is 12.7. The minimum absolute atomic E-state index is 0. The van der Waals surface area contributed by atoms with Gasteiger partial charge in [-0.25, -0.2) is 4.99 Å². The van der Waals surface area contributed by atoms with Gasteiger partial charge in [0, 0.05) is 21.2 Å². The van der Waals surface area contributed by atoms with Gasteiger partial charge in [-0.15, -0.1) is 0 Å². The SMILES string of the molecule is CC[NH+]1C=CN(C2N=C(c3ccccc3Cl)c3cc(Cl)ccc3NC2=O)C1.[Cl-]. The van der Waals surface area contributed by atoms with Gasteiger partial charge < -0.3 is 17.7 Å². The number of benzene rings is 2. The molecule has 0 saturated heterocycles. The van der Waals surface area contributed by atoms with Gasteiger partial charge in [0.15, 0.2) is 6.67 Å². The zero-order chi connectivity index (χ0) is 19.0. The van der Waals surface area contributed by atoms with Crippen LogP contribution in [0.1, 0.15) is 18.1 Å². The fourth-order valence-corrected chi connectivity index (χ4v) is 3.70. The molecule has 2 aliphatic rings. The first kappa shape index (κ1) is 20.7. The summed E-state index contributed by atoms with van der Waals surface area (Å²) in [6, 6.07) is 12.9. The van der Waals surface area contributed by atoms with E-state index < -0.39 is 6.17 Å². The van der Waals surface area contributed by atoms with Gasteiger partial charge in [-0.2, -0.15) is 0 Å². The zero-order valence-electron chi connectivity index (χ0n) is 15.1. The molecule has 2 N–H and O–H groups in total. The molecule has 2 unspecified atom stereocenters. The summed E-state index contributed by atoms with van der Waals surface area (Å²) in [6.07, 6.45) is 3.30. The Balaban J connectivity index is 0.00000225. The maximum absolute atomic E-state index is 12.9. The van der Waals surface area contributed by atoms with Crippen LogP contribution in [0.15, 0.2) is 59.9 Å². The standard InChI is InChI=1S/C20H18Cl2N4O.ClH/c1-2-25-9-10-26(12-25)19-20(27)23-17-8-7-13(21)11-15(17)18(24-19)14-5-3-4-6-16(14)22;/h3-11,19H,2,12H2,1H3,(H,23,27);1H. The minimum atomic E-state index is -0.678. The van der Waals surface area contributed by atoms with Crippen molar-refractivity contribution in [3.05, 3.63) is 76.0 Å². The van der Waals surface area contributed by atoms with Crippen molar-refractivity contribution in [2.45, 2.75) is 13.1 Å². The molecule has 0 radical (unpaired) electrons. The van der Waals surface area contributed by atoms with E-state index in [9.17, 15) is 4.79 Å². The van der Waals surface area contributed by atoms with E-state index >= 15 is 0 Å². The molecule has 0 bridgehead atoms. The van der Waals surface area contributed by atoms with Crippen molar-refractivity contribution in [2.75, 3.05) is 18.5 Å². The van der Waals surface area contributed by atoms with E-state index in [2.05, 4.69) is 12.2 Å². The minimum Gasteiger partial charge on any atom is -1.00 e. The first-order chi connectivity index (χ1) is 13.1. The molecule has 0 aromatic heterocycles. The number of quaternary nitrogens is 1. The number of benzodiazepines with no additional fused rings is 1. The van der Waals surface area contributed by atoms with E-state index in [1.54, 1.807) is 12.1 Å². The molecule has 0 aliphatic carbocycles. The molecule has 8 heteroatoms. The van der Waals surface area contributed by atoms with E-state index in [0.717, 1.165) is 17.7 Å². The number of aliphatic imine (C=N–C) groups is 1. The van der Waals surface area contributed by atoms with E-state index in [1.165, 1.54) is 4.90 Å². The summed E-state index contributed by atoms with van der Waals surface area (Å²) in [5.41, 5.74) is 2.86. The lowest BCUT2D eigenvalue weighted by Gasteiger charge is -2.22. The van der Waals surface area contributed by atoms with Crippen molar-refractivity contribution < 1.29 is 22.1 Å². The number of rotatable bonds is 3. The highest BCUT2D eigenvalue weighted by Gasteiger charge is 2.33. The van der Waals surface area contributed by atoms with Gasteiger partial charge in [0.2, 0.25) is 6.17 Å². The maximum Gasteiger partial charge on any atom is 0.269 e. The second-order valence-electron chi connectivity index (χ2n) is 6.51. The Morgan fingerprint density at radius 2 is 2.00 bits per heavy atom. The molecule has 0 saturated carbocycles. The van der Waals surface area contributed by atoms with Crippen LogP contribution in [0, 0.1) is 0 Å². The molecule has 146 valence electrons. The lowest BCUT2D eigenvalue weighted by molar-refractivity contribution is -0.847. The molecular formula is C20H19Cl3N4O. The summed E-state index contributed by atoms with van der Waals surface area (Å²) in [5, 5.41) is 4.14. The number of amides is 1. The molecule has 2 aromatic carbocycles. The van der Waals surface area contributed by atoms with Crippen molar-refractivity contribution >= 4 is 40.5 Å². The number of hydrogen-bond donors (Lipinski definition) is 2. The summed E-state index contributed by atoms with van der Waals surface area (Å²) in [5.74, 6) is -0.178. The molecule has 0 spiro atoms. The molecule has 5 nitrogen and oxygen atoms in total. The Kier molecular flexibility index (Phi) is 6.30. The van der Waals surface area contributed by atoms with Crippen LogP contribution in [0.5, 0.6) is 0 Å². The van der Waals surface area contributed by atoms with E-state index in [0.29, 0.717) is 28.1 Å². The third kappa shape index (κ3) is 3.89. The van der Waals surface area contributed by atoms with Crippen molar-refractivity contribution in [3.8, 4) is 0 Å². The predicted octanol–water partition coefficient (Wildman–Crippen LogP) is -0.238. The fraction of sp³-hybridized carbons (Fsp3) is 0.200. The molecule has 28 heavy (non-hydrogen) atoms. The maximum atomic E-state index is 12.9. The Labute approximate surface area is 180 Å². The highest BCUT2D eigenvalue weighted by atomic mass is 35.5. The van der Waals surface area contributed by atoms with Crippen LogP contribution in [0.4, 0.5) is 5.69 Å². The zero-order valence-corrected chi connectivity index (χ0v) is 17.4. The summed E-state index contributed by atoms with van der Waals surface area (Å²) < 4.78 is 0. The molecular weight excluding hydrogens is 419 g/mol. The van der Waals surface area contributed by atoms with Crippen molar-refractivity contribution in [1.29, 1.82) is 0 Å². The quantitative estimate of drug-likeness (QED) is 0.697. The van der Waals surface area contributed by atoms with E-state index in [1.807, 2.05) is 47.6 Å². The van der Waals surface area contributed by atoms with Crippen LogP contribution in [0.2, 0.25) is 10.0 Å². The number of nitrogens with zero attached hydrogens (tertiary/aromatic N) is 2. The van der Waals surface area contributed by atoms with Gasteiger partial charge in [-0.1, -0.05) is 41.4 Å². The number of carbonyl (C=O) groups excluding carboxylic acids is 1.